The van der Waals surface area contributed by atoms with Crippen molar-refractivity contribution in [3.63, 3.8) is 0 Å². The van der Waals surface area contributed by atoms with E-state index in [1.165, 1.54) is 23.1 Å². The van der Waals surface area contributed by atoms with E-state index in [1.54, 1.807) is 0 Å². The van der Waals surface area contributed by atoms with Gasteiger partial charge in [0.15, 0.2) is 4.34 Å². The van der Waals surface area contributed by atoms with Crippen molar-refractivity contribution in [3.05, 3.63) is 0 Å². The number of thioether (sulfide) groups is 1. The topological polar surface area (TPSA) is 78.3 Å². The van der Waals surface area contributed by atoms with E-state index in [1.807, 2.05) is 0 Å². The van der Waals surface area contributed by atoms with Crippen molar-refractivity contribution >= 4 is 34.2 Å². The van der Waals surface area contributed by atoms with E-state index in [0.717, 1.165) is 37.7 Å². The first kappa shape index (κ1) is 16.2. The van der Waals surface area contributed by atoms with Crippen molar-refractivity contribution in [2.45, 2.75) is 24.6 Å². The standard InChI is InChI=1S/C11H20N4O2S2/c1-3-6-15(4-2)7-5-12-10-13-14-11(19-10)18-8-9(16)17/h3-8H2,1-2H3,(H,12,13)(H,16,17). The first-order chi connectivity index (χ1) is 9.15. The van der Waals surface area contributed by atoms with Gasteiger partial charge < -0.3 is 15.3 Å². The third kappa shape index (κ3) is 6.74. The van der Waals surface area contributed by atoms with E-state index in [9.17, 15) is 4.79 Å². The van der Waals surface area contributed by atoms with Crippen LogP contribution >= 0.6 is 23.1 Å². The Bertz CT molecular complexity index is 387. The zero-order valence-corrected chi connectivity index (χ0v) is 12.9. The molecule has 19 heavy (non-hydrogen) atoms. The van der Waals surface area contributed by atoms with E-state index in [4.69, 9.17) is 5.11 Å². The van der Waals surface area contributed by atoms with Gasteiger partial charge in [-0.2, -0.15) is 0 Å². The van der Waals surface area contributed by atoms with Gasteiger partial charge >= 0.3 is 5.97 Å². The van der Waals surface area contributed by atoms with Crippen LogP contribution in [0, 0.1) is 0 Å². The number of hydrogen-bond acceptors (Lipinski definition) is 7. The highest BCUT2D eigenvalue weighted by Crippen LogP contribution is 2.24. The average molecular weight is 304 g/mol. The summed E-state index contributed by atoms with van der Waals surface area (Å²) in [6.45, 7) is 8.28. The monoisotopic (exact) mass is 304 g/mol. The Kier molecular flexibility index (Phi) is 7.76. The molecule has 6 nitrogen and oxygen atoms in total. The van der Waals surface area contributed by atoms with Crippen LogP contribution in [0.5, 0.6) is 0 Å². The van der Waals surface area contributed by atoms with Crippen LogP contribution in [-0.2, 0) is 4.79 Å². The van der Waals surface area contributed by atoms with Crippen molar-refractivity contribution in [1.29, 1.82) is 0 Å². The summed E-state index contributed by atoms with van der Waals surface area (Å²) in [5, 5.41) is 20.5. The maximum Gasteiger partial charge on any atom is 0.313 e. The van der Waals surface area contributed by atoms with Crippen molar-refractivity contribution in [2.75, 3.05) is 37.2 Å². The van der Waals surface area contributed by atoms with Crippen molar-refractivity contribution in [2.24, 2.45) is 0 Å². The van der Waals surface area contributed by atoms with Crippen LogP contribution < -0.4 is 5.32 Å². The Hall–Kier alpha value is -0.860. The quantitative estimate of drug-likeness (QED) is 0.639. The number of aromatic nitrogens is 2. The summed E-state index contributed by atoms with van der Waals surface area (Å²) >= 11 is 2.59. The molecule has 0 aliphatic carbocycles. The van der Waals surface area contributed by atoms with Crippen LogP contribution in [0.1, 0.15) is 20.3 Å². The molecule has 1 heterocycles. The number of hydrogen-bond donors (Lipinski definition) is 2. The number of anilines is 1. The molecule has 0 bridgehead atoms. The summed E-state index contributed by atoms with van der Waals surface area (Å²) in [6.07, 6.45) is 1.16. The maximum absolute atomic E-state index is 10.4. The third-order valence-electron chi connectivity index (χ3n) is 2.42. The fraction of sp³-hybridized carbons (Fsp3) is 0.727. The van der Waals surface area contributed by atoms with Gasteiger partial charge in [0.05, 0.1) is 5.75 Å². The zero-order chi connectivity index (χ0) is 14.1. The van der Waals surface area contributed by atoms with Gasteiger partial charge in [0.25, 0.3) is 0 Å². The Morgan fingerprint density at radius 1 is 1.42 bits per heavy atom. The average Bonchev–Trinajstić information content (AvgIpc) is 2.83. The zero-order valence-electron chi connectivity index (χ0n) is 11.3. The molecule has 1 rings (SSSR count). The molecule has 0 spiro atoms. The fourth-order valence-corrected chi connectivity index (χ4v) is 3.03. The van der Waals surface area contributed by atoms with E-state index in [-0.39, 0.29) is 5.75 Å². The van der Waals surface area contributed by atoms with Crippen molar-refractivity contribution in [3.8, 4) is 0 Å². The minimum Gasteiger partial charge on any atom is -0.481 e. The number of nitrogens with one attached hydrogen (secondary N) is 1. The predicted molar refractivity (Wildman–Crippen MR) is 79.2 cm³/mol. The lowest BCUT2D eigenvalue weighted by Crippen LogP contribution is -2.29. The molecular weight excluding hydrogens is 284 g/mol. The van der Waals surface area contributed by atoms with Crippen LogP contribution in [0.15, 0.2) is 4.34 Å². The van der Waals surface area contributed by atoms with Gasteiger partial charge in [-0.25, -0.2) is 0 Å². The molecule has 0 saturated heterocycles. The van der Waals surface area contributed by atoms with Gasteiger partial charge in [0.1, 0.15) is 0 Å². The lowest BCUT2D eigenvalue weighted by molar-refractivity contribution is -0.133. The van der Waals surface area contributed by atoms with Crippen molar-refractivity contribution in [1.82, 2.24) is 15.1 Å². The van der Waals surface area contributed by atoms with Crippen LogP contribution in [0.2, 0.25) is 0 Å². The first-order valence-corrected chi connectivity index (χ1v) is 8.10. The van der Waals surface area contributed by atoms with E-state index >= 15 is 0 Å². The molecule has 1 aromatic heterocycles. The second kappa shape index (κ2) is 9.11. The Morgan fingerprint density at radius 3 is 2.84 bits per heavy atom. The Morgan fingerprint density at radius 2 is 2.21 bits per heavy atom. The van der Waals surface area contributed by atoms with Crippen molar-refractivity contribution < 1.29 is 9.90 Å². The molecule has 0 aliphatic heterocycles. The largest absolute Gasteiger partial charge is 0.481 e. The number of nitrogens with zero attached hydrogens (tertiary/aromatic N) is 3. The molecule has 2 N–H and O–H groups in total. The molecule has 0 saturated carbocycles. The molecule has 1 aromatic rings. The molecule has 108 valence electrons. The van der Waals surface area contributed by atoms with E-state index in [0.29, 0.717) is 4.34 Å². The predicted octanol–water partition coefficient (Wildman–Crippen LogP) is 1.86. The summed E-state index contributed by atoms with van der Waals surface area (Å²) in [7, 11) is 0. The SMILES string of the molecule is CCCN(CC)CCNc1nnc(SCC(=O)O)s1. The number of aliphatic carboxylic acids is 1. The molecule has 0 unspecified atom stereocenters. The van der Waals surface area contributed by atoms with E-state index < -0.39 is 5.97 Å². The van der Waals surface area contributed by atoms with Gasteiger partial charge in [-0.1, -0.05) is 36.9 Å². The fourth-order valence-electron chi connectivity index (χ4n) is 1.53. The smallest absolute Gasteiger partial charge is 0.313 e. The number of carbonyl (C=O) groups is 1. The summed E-state index contributed by atoms with van der Waals surface area (Å²) in [5.41, 5.74) is 0. The number of carboxylic acid groups (broad SMARTS) is 1. The highest BCUT2D eigenvalue weighted by atomic mass is 32.2. The molecule has 0 amide bonds. The first-order valence-electron chi connectivity index (χ1n) is 6.30. The van der Waals surface area contributed by atoms with Gasteiger partial charge in [-0.15, -0.1) is 10.2 Å². The lowest BCUT2D eigenvalue weighted by Gasteiger charge is -2.19. The molecule has 0 radical (unpaired) electrons. The van der Waals surface area contributed by atoms with Crippen LogP contribution in [-0.4, -0.2) is 58.1 Å². The van der Waals surface area contributed by atoms with Gasteiger partial charge in [-0.3, -0.25) is 4.79 Å². The van der Waals surface area contributed by atoms with Gasteiger partial charge in [0.2, 0.25) is 5.13 Å². The summed E-state index contributed by atoms with van der Waals surface area (Å²) in [6, 6.07) is 0. The normalized spacial score (nSPS) is 10.9. The Labute approximate surface area is 121 Å². The lowest BCUT2D eigenvalue weighted by atomic mass is 10.4. The molecule has 0 aliphatic rings. The maximum atomic E-state index is 10.4. The minimum atomic E-state index is -0.840. The Balaban J connectivity index is 2.27. The highest BCUT2D eigenvalue weighted by Gasteiger charge is 2.07. The second-order valence-corrected chi connectivity index (χ2v) is 6.12. The van der Waals surface area contributed by atoms with Gasteiger partial charge in [0, 0.05) is 13.1 Å². The van der Waals surface area contributed by atoms with E-state index in [2.05, 4.69) is 34.3 Å². The van der Waals surface area contributed by atoms with Crippen LogP contribution in [0.3, 0.4) is 0 Å². The molecule has 0 aromatic carbocycles. The summed E-state index contributed by atoms with van der Waals surface area (Å²) in [4.78, 5) is 12.8. The molecule has 0 fully saturated rings. The summed E-state index contributed by atoms with van der Waals surface area (Å²) in [5.74, 6) is -0.817. The molecule has 8 heteroatoms. The number of rotatable bonds is 10. The highest BCUT2D eigenvalue weighted by molar-refractivity contribution is 8.01. The summed E-state index contributed by atoms with van der Waals surface area (Å²) < 4.78 is 0.686. The van der Waals surface area contributed by atoms with Crippen LogP contribution in [0.25, 0.3) is 0 Å². The van der Waals surface area contributed by atoms with Crippen LogP contribution in [0.4, 0.5) is 5.13 Å². The number of likely N-dealkylation sites (N-methyl/N-ethyl adjacent to an activating group) is 1. The second-order valence-electron chi connectivity index (χ2n) is 3.92. The minimum absolute atomic E-state index is 0.0226. The molecule has 0 atom stereocenters. The molecular formula is C11H20N4O2S2. The third-order valence-corrected chi connectivity index (χ3v) is 4.42. The van der Waals surface area contributed by atoms with Gasteiger partial charge in [-0.05, 0) is 19.5 Å². The number of carboxylic acids is 1.